The van der Waals surface area contributed by atoms with Gasteiger partial charge in [-0.1, -0.05) is 26.0 Å². The maximum atomic E-state index is 12.8. The second kappa shape index (κ2) is 10.3. The number of hydrogen-bond acceptors (Lipinski definition) is 6. The molecule has 1 aliphatic heterocycles. The number of rotatable bonds is 8. The smallest absolute Gasteiger partial charge is 0.338 e. The molecular weight excluding hydrogens is 418 g/mol. The highest BCUT2D eigenvalue weighted by Gasteiger charge is 2.27. The lowest BCUT2D eigenvalue weighted by Gasteiger charge is -2.26. The van der Waals surface area contributed by atoms with Gasteiger partial charge in [0.05, 0.1) is 23.7 Å². The molecule has 0 N–H and O–H groups in total. The summed E-state index contributed by atoms with van der Waals surface area (Å²) in [4.78, 5) is 12.4. The van der Waals surface area contributed by atoms with Gasteiger partial charge in [-0.05, 0) is 54.3 Å². The summed E-state index contributed by atoms with van der Waals surface area (Å²) in [5.74, 6) is 0.573. The largest absolute Gasteiger partial charge is 0.490 e. The molecule has 0 saturated carbocycles. The summed E-state index contributed by atoms with van der Waals surface area (Å²) >= 11 is 0. The lowest BCUT2D eigenvalue weighted by atomic mass is 9.98. The van der Waals surface area contributed by atoms with Crippen LogP contribution in [0.3, 0.4) is 0 Å². The van der Waals surface area contributed by atoms with Gasteiger partial charge in [0.25, 0.3) is 0 Å². The maximum Gasteiger partial charge on any atom is 0.338 e. The number of morpholine rings is 1. The standard InChI is InChI=1S/C23H29NO6S/c1-17(2)22-8-7-20(15-18(22)3)29-13-14-30-23(25)19-5-4-6-21(16-19)31(26,27)24-9-11-28-12-10-24/h4-8,15-17H,9-14H2,1-3H3. The molecule has 0 aliphatic carbocycles. The number of esters is 1. The number of ether oxygens (including phenoxy) is 3. The zero-order chi connectivity index (χ0) is 22.4. The second-order valence-electron chi connectivity index (χ2n) is 7.70. The predicted molar refractivity (Wildman–Crippen MR) is 117 cm³/mol. The van der Waals surface area contributed by atoms with Crippen LogP contribution in [-0.2, 0) is 19.5 Å². The third-order valence-corrected chi connectivity index (χ3v) is 7.02. The van der Waals surface area contributed by atoms with E-state index in [2.05, 4.69) is 13.8 Å². The quantitative estimate of drug-likeness (QED) is 0.456. The Bertz CT molecular complexity index is 1010. The van der Waals surface area contributed by atoms with Crippen LogP contribution in [0.15, 0.2) is 47.4 Å². The minimum absolute atomic E-state index is 0.0598. The molecule has 2 aromatic carbocycles. The number of carbonyl (C=O) groups is 1. The van der Waals surface area contributed by atoms with E-state index in [1.165, 1.54) is 28.1 Å². The Morgan fingerprint density at radius 3 is 2.52 bits per heavy atom. The van der Waals surface area contributed by atoms with Crippen LogP contribution in [0.4, 0.5) is 0 Å². The fourth-order valence-corrected chi connectivity index (χ4v) is 4.94. The van der Waals surface area contributed by atoms with Gasteiger partial charge < -0.3 is 14.2 Å². The first-order chi connectivity index (χ1) is 14.8. The Labute approximate surface area is 184 Å². The molecule has 0 aromatic heterocycles. The van der Waals surface area contributed by atoms with E-state index in [9.17, 15) is 13.2 Å². The van der Waals surface area contributed by atoms with Gasteiger partial charge in [-0.15, -0.1) is 0 Å². The molecule has 0 atom stereocenters. The number of hydrogen-bond donors (Lipinski definition) is 0. The van der Waals surface area contributed by atoms with E-state index in [-0.39, 0.29) is 23.7 Å². The van der Waals surface area contributed by atoms with Crippen LogP contribution < -0.4 is 4.74 Å². The monoisotopic (exact) mass is 447 g/mol. The fraction of sp³-hybridized carbons (Fsp3) is 0.435. The molecule has 1 saturated heterocycles. The van der Waals surface area contributed by atoms with Crippen LogP contribution in [0.2, 0.25) is 0 Å². The van der Waals surface area contributed by atoms with E-state index in [0.717, 1.165) is 11.3 Å². The molecule has 0 amide bonds. The van der Waals surface area contributed by atoms with E-state index in [1.807, 2.05) is 25.1 Å². The van der Waals surface area contributed by atoms with Gasteiger partial charge in [-0.3, -0.25) is 0 Å². The van der Waals surface area contributed by atoms with Crippen LogP contribution in [0, 0.1) is 6.92 Å². The molecule has 0 spiro atoms. The lowest BCUT2D eigenvalue weighted by Crippen LogP contribution is -2.40. The molecule has 0 radical (unpaired) electrons. The van der Waals surface area contributed by atoms with Gasteiger partial charge in [0.15, 0.2) is 0 Å². The van der Waals surface area contributed by atoms with Crippen molar-refractivity contribution in [3.63, 3.8) is 0 Å². The van der Waals surface area contributed by atoms with Gasteiger partial charge in [0.1, 0.15) is 19.0 Å². The van der Waals surface area contributed by atoms with Crippen LogP contribution >= 0.6 is 0 Å². The minimum atomic E-state index is -3.67. The molecule has 2 aromatic rings. The van der Waals surface area contributed by atoms with Crippen molar-refractivity contribution in [2.24, 2.45) is 0 Å². The van der Waals surface area contributed by atoms with Crippen molar-refractivity contribution < 1.29 is 27.4 Å². The van der Waals surface area contributed by atoms with Crippen molar-refractivity contribution in [2.45, 2.75) is 31.6 Å². The Balaban J connectivity index is 1.55. The molecule has 1 fully saturated rings. The summed E-state index contributed by atoms with van der Waals surface area (Å²) in [6.07, 6.45) is 0. The van der Waals surface area contributed by atoms with Crippen molar-refractivity contribution in [2.75, 3.05) is 39.5 Å². The number of nitrogens with zero attached hydrogens (tertiary/aromatic N) is 1. The first kappa shape index (κ1) is 23.2. The molecule has 168 valence electrons. The molecule has 0 unspecified atom stereocenters. The van der Waals surface area contributed by atoms with Crippen LogP contribution in [0.25, 0.3) is 0 Å². The van der Waals surface area contributed by atoms with Gasteiger partial charge in [0, 0.05) is 13.1 Å². The molecule has 8 heteroatoms. The van der Waals surface area contributed by atoms with Gasteiger partial charge in [-0.25, -0.2) is 13.2 Å². The zero-order valence-electron chi connectivity index (χ0n) is 18.2. The number of carbonyl (C=O) groups excluding carboxylic acids is 1. The lowest BCUT2D eigenvalue weighted by molar-refractivity contribution is 0.0450. The van der Waals surface area contributed by atoms with E-state index >= 15 is 0 Å². The Hall–Kier alpha value is -2.42. The van der Waals surface area contributed by atoms with Crippen molar-refractivity contribution in [1.82, 2.24) is 4.31 Å². The highest BCUT2D eigenvalue weighted by Crippen LogP contribution is 2.23. The van der Waals surface area contributed by atoms with Crippen LogP contribution in [-0.4, -0.2) is 58.2 Å². The predicted octanol–water partition coefficient (Wildman–Crippen LogP) is 3.38. The van der Waals surface area contributed by atoms with Crippen molar-refractivity contribution >= 4 is 16.0 Å². The molecule has 0 bridgehead atoms. The van der Waals surface area contributed by atoms with Gasteiger partial charge in [0.2, 0.25) is 10.0 Å². The molecule has 1 heterocycles. The molecular formula is C23H29NO6S. The van der Waals surface area contributed by atoms with Crippen molar-refractivity contribution in [3.05, 3.63) is 59.2 Å². The number of benzene rings is 2. The SMILES string of the molecule is Cc1cc(OCCOC(=O)c2cccc(S(=O)(=O)N3CCOCC3)c2)ccc1C(C)C. The molecule has 1 aliphatic rings. The summed E-state index contributed by atoms with van der Waals surface area (Å²) in [6, 6.07) is 11.8. The number of sulfonamides is 1. The van der Waals surface area contributed by atoms with E-state index in [0.29, 0.717) is 32.2 Å². The Kier molecular flexibility index (Phi) is 7.69. The van der Waals surface area contributed by atoms with Crippen molar-refractivity contribution in [3.8, 4) is 5.75 Å². The maximum absolute atomic E-state index is 12.8. The first-order valence-electron chi connectivity index (χ1n) is 10.4. The second-order valence-corrected chi connectivity index (χ2v) is 9.64. The van der Waals surface area contributed by atoms with Crippen molar-refractivity contribution in [1.29, 1.82) is 0 Å². The van der Waals surface area contributed by atoms with Crippen LogP contribution in [0.1, 0.15) is 41.3 Å². The van der Waals surface area contributed by atoms with Gasteiger partial charge in [-0.2, -0.15) is 4.31 Å². The normalized spacial score (nSPS) is 15.1. The Morgan fingerprint density at radius 1 is 1.10 bits per heavy atom. The third kappa shape index (κ3) is 5.84. The summed E-state index contributed by atoms with van der Waals surface area (Å²) in [5.41, 5.74) is 2.61. The van der Waals surface area contributed by atoms with Crippen LogP contribution in [0.5, 0.6) is 5.75 Å². The summed E-state index contributed by atoms with van der Waals surface area (Å²) < 4.78 is 43.1. The average molecular weight is 448 g/mol. The number of aryl methyl sites for hydroxylation is 1. The summed E-state index contributed by atoms with van der Waals surface area (Å²) in [7, 11) is -3.67. The third-order valence-electron chi connectivity index (χ3n) is 5.13. The van der Waals surface area contributed by atoms with E-state index in [1.54, 1.807) is 6.07 Å². The highest BCUT2D eigenvalue weighted by atomic mass is 32.2. The average Bonchev–Trinajstić information content (AvgIpc) is 2.77. The first-order valence-corrected chi connectivity index (χ1v) is 11.8. The molecule has 3 rings (SSSR count). The highest BCUT2D eigenvalue weighted by molar-refractivity contribution is 7.89. The van der Waals surface area contributed by atoms with Gasteiger partial charge >= 0.3 is 5.97 Å². The molecule has 31 heavy (non-hydrogen) atoms. The van der Waals surface area contributed by atoms with E-state index < -0.39 is 16.0 Å². The minimum Gasteiger partial charge on any atom is -0.490 e. The summed E-state index contributed by atoms with van der Waals surface area (Å²) in [5, 5.41) is 0. The Morgan fingerprint density at radius 2 is 1.84 bits per heavy atom. The van der Waals surface area contributed by atoms with E-state index in [4.69, 9.17) is 14.2 Å². The topological polar surface area (TPSA) is 82.1 Å². The fourth-order valence-electron chi connectivity index (χ4n) is 3.48. The summed E-state index contributed by atoms with van der Waals surface area (Å²) in [6.45, 7) is 7.91. The zero-order valence-corrected chi connectivity index (χ0v) is 19.0. The molecule has 7 nitrogen and oxygen atoms in total.